The Morgan fingerprint density at radius 2 is 2.15 bits per heavy atom. The minimum absolute atomic E-state index is 0.340. The molecular formula is C16H19BrN2O. The lowest BCUT2D eigenvalue weighted by atomic mass is 10.0. The second-order valence-corrected chi connectivity index (χ2v) is 5.52. The van der Waals surface area contributed by atoms with Gasteiger partial charge < -0.3 is 10.1 Å². The van der Waals surface area contributed by atoms with E-state index in [0.29, 0.717) is 11.9 Å². The summed E-state index contributed by atoms with van der Waals surface area (Å²) in [6, 6.07) is 12.7. The summed E-state index contributed by atoms with van der Waals surface area (Å²) in [5.74, 6) is 0.653. The fourth-order valence-corrected chi connectivity index (χ4v) is 2.55. The fraction of sp³-hybridized carbons (Fsp3) is 0.312. The number of methoxy groups -OCH3 is 1. The van der Waals surface area contributed by atoms with Gasteiger partial charge in [-0.05, 0) is 35.7 Å². The number of halogens is 1. The van der Waals surface area contributed by atoms with Crippen molar-refractivity contribution < 1.29 is 4.74 Å². The first-order valence-electron chi connectivity index (χ1n) is 6.70. The molecule has 20 heavy (non-hydrogen) atoms. The quantitative estimate of drug-likeness (QED) is 0.863. The van der Waals surface area contributed by atoms with Gasteiger partial charge in [-0.15, -0.1) is 0 Å². The van der Waals surface area contributed by atoms with Crippen LogP contribution in [0, 0.1) is 0 Å². The van der Waals surface area contributed by atoms with Crippen LogP contribution in [0.15, 0.2) is 47.1 Å². The highest BCUT2D eigenvalue weighted by atomic mass is 79.9. The SMILES string of the molecule is CCC(NCc1ccnc(OC)c1)c1cccc(Br)c1. The Morgan fingerprint density at radius 1 is 1.30 bits per heavy atom. The maximum atomic E-state index is 5.14. The average molecular weight is 335 g/mol. The minimum Gasteiger partial charge on any atom is -0.481 e. The molecule has 0 aliphatic rings. The summed E-state index contributed by atoms with van der Waals surface area (Å²) < 4.78 is 6.26. The molecule has 1 N–H and O–H groups in total. The number of hydrogen-bond acceptors (Lipinski definition) is 3. The van der Waals surface area contributed by atoms with Crippen LogP contribution in [-0.4, -0.2) is 12.1 Å². The molecule has 0 saturated heterocycles. The van der Waals surface area contributed by atoms with Crippen molar-refractivity contribution in [2.75, 3.05) is 7.11 Å². The van der Waals surface area contributed by atoms with Gasteiger partial charge >= 0.3 is 0 Å². The molecule has 0 radical (unpaired) electrons. The van der Waals surface area contributed by atoms with Crippen molar-refractivity contribution in [2.24, 2.45) is 0 Å². The van der Waals surface area contributed by atoms with E-state index in [-0.39, 0.29) is 0 Å². The molecule has 1 heterocycles. The van der Waals surface area contributed by atoms with E-state index in [1.165, 1.54) is 11.1 Å². The monoisotopic (exact) mass is 334 g/mol. The second-order valence-electron chi connectivity index (χ2n) is 4.60. The van der Waals surface area contributed by atoms with E-state index in [1.807, 2.05) is 18.2 Å². The summed E-state index contributed by atoms with van der Waals surface area (Å²) in [6.07, 6.45) is 2.81. The second kappa shape index (κ2) is 7.41. The molecule has 1 aromatic heterocycles. The third-order valence-electron chi connectivity index (χ3n) is 3.22. The van der Waals surface area contributed by atoms with Crippen LogP contribution in [0.1, 0.15) is 30.5 Å². The molecule has 1 atom stereocenters. The highest BCUT2D eigenvalue weighted by Gasteiger charge is 2.09. The van der Waals surface area contributed by atoms with Gasteiger partial charge in [-0.3, -0.25) is 0 Å². The third kappa shape index (κ3) is 4.05. The van der Waals surface area contributed by atoms with E-state index in [0.717, 1.165) is 17.4 Å². The molecule has 0 aliphatic carbocycles. The Balaban J connectivity index is 2.03. The van der Waals surface area contributed by atoms with Crippen LogP contribution >= 0.6 is 15.9 Å². The smallest absolute Gasteiger partial charge is 0.213 e. The van der Waals surface area contributed by atoms with Crippen LogP contribution in [0.25, 0.3) is 0 Å². The van der Waals surface area contributed by atoms with Crippen molar-refractivity contribution in [3.8, 4) is 5.88 Å². The molecule has 2 rings (SSSR count). The zero-order valence-corrected chi connectivity index (χ0v) is 13.4. The molecule has 1 aromatic carbocycles. The van der Waals surface area contributed by atoms with E-state index < -0.39 is 0 Å². The largest absolute Gasteiger partial charge is 0.481 e. The molecular weight excluding hydrogens is 316 g/mol. The molecule has 2 aromatic rings. The average Bonchev–Trinajstić information content (AvgIpc) is 2.48. The molecule has 0 saturated carbocycles. The molecule has 1 unspecified atom stereocenters. The lowest BCUT2D eigenvalue weighted by Crippen LogP contribution is -2.20. The van der Waals surface area contributed by atoms with Gasteiger partial charge in [0.1, 0.15) is 0 Å². The van der Waals surface area contributed by atoms with Crippen LogP contribution in [0.3, 0.4) is 0 Å². The number of nitrogens with zero attached hydrogens (tertiary/aromatic N) is 1. The van der Waals surface area contributed by atoms with Crippen LogP contribution in [0.2, 0.25) is 0 Å². The molecule has 106 valence electrons. The molecule has 3 nitrogen and oxygen atoms in total. The molecule has 0 amide bonds. The van der Waals surface area contributed by atoms with Gasteiger partial charge in [-0.2, -0.15) is 0 Å². The first-order chi connectivity index (χ1) is 9.72. The standard InChI is InChI=1S/C16H19BrN2O/c1-3-15(13-5-4-6-14(17)10-13)19-11-12-7-8-18-16(9-12)20-2/h4-10,15,19H,3,11H2,1-2H3. The van der Waals surface area contributed by atoms with Crippen LogP contribution < -0.4 is 10.1 Å². The first kappa shape index (κ1) is 15.0. The van der Waals surface area contributed by atoms with Gasteiger partial charge in [0.2, 0.25) is 5.88 Å². The predicted octanol–water partition coefficient (Wildman–Crippen LogP) is 4.09. The number of hydrogen-bond donors (Lipinski definition) is 1. The third-order valence-corrected chi connectivity index (χ3v) is 3.71. The summed E-state index contributed by atoms with van der Waals surface area (Å²) in [4.78, 5) is 4.12. The highest BCUT2D eigenvalue weighted by molar-refractivity contribution is 9.10. The molecule has 0 aliphatic heterocycles. The fourth-order valence-electron chi connectivity index (χ4n) is 2.13. The van der Waals surface area contributed by atoms with Crippen molar-refractivity contribution in [2.45, 2.75) is 25.9 Å². The van der Waals surface area contributed by atoms with E-state index in [9.17, 15) is 0 Å². The van der Waals surface area contributed by atoms with Crippen molar-refractivity contribution in [3.63, 3.8) is 0 Å². The topological polar surface area (TPSA) is 34.2 Å². The van der Waals surface area contributed by atoms with E-state index >= 15 is 0 Å². The summed E-state index contributed by atoms with van der Waals surface area (Å²) in [5, 5.41) is 3.58. The molecule has 0 spiro atoms. The summed E-state index contributed by atoms with van der Waals surface area (Å²) in [7, 11) is 1.63. The molecule has 4 heteroatoms. The van der Waals surface area contributed by atoms with E-state index in [4.69, 9.17) is 4.74 Å². The Morgan fingerprint density at radius 3 is 2.85 bits per heavy atom. The van der Waals surface area contributed by atoms with Gasteiger partial charge in [-0.25, -0.2) is 4.98 Å². The number of rotatable bonds is 6. The number of pyridine rings is 1. The first-order valence-corrected chi connectivity index (χ1v) is 7.50. The number of nitrogens with one attached hydrogen (secondary N) is 1. The highest BCUT2D eigenvalue weighted by Crippen LogP contribution is 2.21. The summed E-state index contributed by atoms with van der Waals surface area (Å²) >= 11 is 3.52. The molecule has 0 bridgehead atoms. The molecule has 0 fully saturated rings. The van der Waals surface area contributed by atoms with Gasteiger partial charge in [0.05, 0.1) is 7.11 Å². The zero-order chi connectivity index (χ0) is 14.4. The van der Waals surface area contributed by atoms with Crippen LogP contribution in [0.4, 0.5) is 0 Å². The summed E-state index contributed by atoms with van der Waals surface area (Å²) in [5.41, 5.74) is 2.47. The maximum absolute atomic E-state index is 5.14. The number of benzene rings is 1. The Bertz CT molecular complexity index is 560. The van der Waals surface area contributed by atoms with Crippen molar-refractivity contribution >= 4 is 15.9 Å². The van der Waals surface area contributed by atoms with Crippen molar-refractivity contribution in [3.05, 3.63) is 58.2 Å². The summed E-state index contributed by atoms with van der Waals surface area (Å²) in [6.45, 7) is 2.98. The Labute approximate surface area is 128 Å². The number of ether oxygens (including phenoxy) is 1. The predicted molar refractivity (Wildman–Crippen MR) is 84.8 cm³/mol. The van der Waals surface area contributed by atoms with Crippen molar-refractivity contribution in [1.29, 1.82) is 0 Å². The van der Waals surface area contributed by atoms with Gasteiger partial charge in [0.15, 0.2) is 0 Å². The lowest BCUT2D eigenvalue weighted by Gasteiger charge is -2.18. The van der Waals surface area contributed by atoms with E-state index in [1.54, 1.807) is 13.3 Å². The zero-order valence-electron chi connectivity index (χ0n) is 11.8. The minimum atomic E-state index is 0.340. The maximum Gasteiger partial charge on any atom is 0.213 e. The normalized spacial score (nSPS) is 12.2. The Hall–Kier alpha value is -1.39. The van der Waals surface area contributed by atoms with Crippen molar-refractivity contribution in [1.82, 2.24) is 10.3 Å². The number of aromatic nitrogens is 1. The van der Waals surface area contributed by atoms with E-state index in [2.05, 4.69) is 51.4 Å². The lowest BCUT2D eigenvalue weighted by molar-refractivity contribution is 0.396. The Kier molecular flexibility index (Phi) is 5.56. The van der Waals surface area contributed by atoms with Gasteiger partial charge in [-0.1, -0.05) is 35.0 Å². The van der Waals surface area contributed by atoms with Crippen LogP contribution in [-0.2, 0) is 6.54 Å². The van der Waals surface area contributed by atoms with Crippen LogP contribution in [0.5, 0.6) is 5.88 Å². The van der Waals surface area contributed by atoms with Gasteiger partial charge in [0.25, 0.3) is 0 Å². The van der Waals surface area contributed by atoms with Gasteiger partial charge in [0, 0.05) is 29.3 Å².